The van der Waals surface area contributed by atoms with E-state index in [9.17, 15) is 0 Å². The Morgan fingerprint density at radius 1 is 1.60 bits per heavy atom. The largest absolute Gasteiger partial charge is 0.310 e. The van der Waals surface area contributed by atoms with Gasteiger partial charge in [0, 0.05) is 12.1 Å². The smallest absolute Gasteiger partial charge is 0.0585 e. The topological polar surface area (TPSA) is 36.2 Å². The zero-order chi connectivity index (χ0) is 7.82. The first kappa shape index (κ1) is 9.47. The van der Waals surface area contributed by atoms with E-state index in [1.807, 2.05) is 0 Å². The van der Waals surface area contributed by atoms with Gasteiger partial charge in [0.2, 0.25) is 0 Å². The van der Waals surface area contributed by atoms with E-state index in [4.69, 9.17) is 5.41 Å². The van der Waals surface area contributed by atoms with Gasteiger partial charge in [0.15, 0.2) is 0 Å². The molecule has 56 valence electrons. The van der Waals surface area contributed by atoms with Crippen LogP contribution in [0.2, 0.25) is 0 Å². The normalized spacial score (nSPS) is 8.50. The number of hydrogen-bond acceptors (Lipinski definition) is 3. The van der Waals surface area contributed by atoms with Gasteiger partial charge < -0.3 is 5.41 Å². The van der Waals surface area contributed by atoms with Gasteiger partial charge >= 0.3 is 0 Å². The number of nitrogens with zero attached hydrogens (tertiary/aromatic N) is 1. The van der Waals surface area contributed by atoms with Crippen LogP contribution < -0.4 is 0 Å². The second kappa shape index (κ2) is 6.59. The maximum absolute atomic E-state index is 7.35. The maximum Gasteiger partial charge on any atom is 0.0585 e. The third-order valence-corrected chi connectivity index (χ3v) is 1.27. The second-order valence-electron chi connectivity index (χ2n) is 2.08. The molecule has 0 aliphatic carbocycles. The first-order chi connectivity index (χ1) is 4.81. The average Bonchev–Trinajstić information content (AvgIpc) is 1.89. The zero-order valence-electron chi connectivity index (χ0n) is 6.18. The molecule has 0 atom stereocenters. The third-order valence-electron chi connectivity index (χ3n) is 1.14. The molecule has 1 N–H and O–H groups in total. The number of thiocarbonyl (C=S) groups is 1. The Bertz CT molecular complexity index is 148. The highest BCUT2D eigenvalue weighted by atomic mass is 32.1. The molecule has 0 radical (unpaired) electrons. The van der Waals surface area contributed by atoms with Gasteiger partial charge in [0.05, 0.1) is 11.7 Å². The molecule has 0 saturated carbocycles. The molecule has 0 amide bonds. The van der Waals surface area contributed by atoms with Crippen molar-refractivity contribution in [2.75, 3.05) is 6.54 Å². The molecule has 0 aromatic carbocycles. The Kier molecular flexibility index (Phi) is 6.24. The van der Waals surface area contributed by atoms with Crippen LogP contribution in [0.25, 0.3) is 0 Å². The van der Waals surface area contributed by atoms with Crippen molar-refractivity contribution in [2.45, 2.75) is 26.2 Å². The van der Waals surface area contributed by atoms with Crippen LogP contribution in [0.3, 0.4) is 0 Å². The average molecular weight is 156 g/mol. The van der Waals surface area contributed by atoms with Gasteiger partial charge in [0.1, 0.15) is 0 Å². The lowest BCUT2D eigenvalue weighted by Crippen LogP contribution is -1.97. The maximum atomic E-state index is 7.35. The van der Waals surface area contributed by atoms with E-state index in [1.54, 1.807) is 0 Å². The van der Waals surface area contributed by atoms with Crippen LogP contribution in [0.1, 0.15) is 26.2 Å². The molecule has 0 spiro atoms. The molecule has 0 saturated heterocycles. The highest BCUT2D eigenvalue weighted by Crippen LogP contribution is 1.94. The molecule has 0 unspecified atom stereocenters. The fourth-order valence-electron chi connectivity index (χ4n) is 0.663. The Morgan fingerprint density at radius 3 is 2.80 bits per heavy atom. The summed E-state index contributed by atoms with van der Waals surface area (Å²) in [6.07, 6.45) is 2.66. The summed E-state index contributed by atoms with van der Waals surface area (Å²) in [4.78, 5) is 3.72. The van der Waals surface area contributed by atoms with Crippen molar-refractivity contribution in [3.63, 3.8) is 0 Å². The van der Waals surface area contributed by atoms with E-state index in [0.717, 1.165) is 25.0 Å². The fourth-order valence-corrected chi connectivity index (χ4v) is 0.755. The summed E-state index contributed by atoms with van der Waals surface area (Å²) in [7, 11) is 0. The number of isothiocyanates is 1. The molecule has 0 aromatic heterocycles. The minimum absolute atomic E-state index is 0.627. The Balaban J connectivity index is 3.30. The van der Waals surface area contributed by atoms with E-state index in [1.165, 1.54) is 0 Å². The lowest BCUT2D eigenvalue weighted by atomic mass is 10.2. The van der Waals surface area contributed by atoms with Gasteiger partial charge in [-0.25, -0.2) is 4.99 Å². The van der Waals surface area contributed by atoms with E-state index >= 15 is 0 Å². The van der Waals surface area contributed by atoms with Crippen molar-refractivity contribution in [1.82, 2.24) is 0 Å². The van der Waals surface area contributed by atoms with E-state index in [2.05, 4.69) is 29.3 Å². The third kappa shape index (κ3) is 5.60. The van der Waals surface area contributed by atoms with Crippen molar-refractivity contribution in [3.8, 4) is 0 Å². The van der Waals surface area contributed by atoms with Gasteiger partial charge in [0.25, 0.3) is 0 Å². The second-order valence-corrected chi connectivity index (χ2v) is 2.26. The van der Waals surface area contributed by atoms with Crippen LogP contribution in [0.4, 0.5) is 0 Å². The van der Waals surface area contributed by atoms with Crippen molar-refractivity contribution in [3.05, 3.63) is 0 Å². The number of rotatable bonds is 5. The molecular formula is C7H12N2S. The zero-order valence-corrected chi connectivity index (χ0v) is 7.00. The van der Waals surface area contributed by atoms with Crippen LogP contribution in [0.15, 0.2) is 4.99 Å². The summed E-state index contributed by atoms with van der Waals surface area (Å²) in [5.41, 5.74) is 0.761. The monoisotopic (exact) mass is 156 g/mol. The molecule has 0 aromatic rings. The lowest BCUT2D eigenvalue weighted by Gasteiger charge is -1.95. The SMILES string of the molecule is CCCC(=N)CCN=C=S. The van der Waals surface area contributed by atoms with Crippen LogP contribution >= 0.6 is 12.2 Å². The summed E-state index contributed by atoms with van der Waals surface area (Å²) in [5.74, 6) is 0. The van der Waals surface area contributed by atoms with Crippen molar-refractivity contribution in [1.29, 1.82) is 5.41 Å². The van der Waals surface area contributed by atoms with Gasteiger partial charge in [-0.2, -0.15) is 0 Å². The van der Waals surface area contributed by atoms with Crippen LogP contribution in [-0.2, 0) is 0 Å². The first-order valence-corrected chi connectivity index (χ1v) is 3.82. The van der Waals surface area contributed by atoms with E-state index in [0.29, 0.717) is 6.54 Å². The molecule has 3 heteroatoms. The summed E-state index contributed by atoms with van der Waals surface area (Å²) in [5, 5.41) is 9.62. The van der Waals surface area contributed by atoms with Gasteiger partial charge in [-0.05, 0) is 18.6 Å². The van der Waals surface area contributed by atoms with Gasteiger partial charge in [-0.1, -0.05) is 13.3 Å². The summed E-state index contributed by atoms with van der Waals surface area (Å²) in [6, 6.07) is 0. The predicted molar refractivity (Wildman–Crippen MR) is 47.1 cm³/mol. The highest BCUT2D eigenvalue weighted by molar-refractivity contribution is 7.78. The minimum atomic E-state index is 0.627. The summed E-state index contributed by atoms with van der Waals surface area (Å²) >= 11 is 4.38. The molecule has 0 aliphatic heterocycles. The standard InChI is InChI=1S/C7H12N2S/c1-2-3-7(8)4-5-9-6-10/h8H,2-5H2,1H3. The summed E-state index contributed by atoms with van der Waals surface area (Å²) in [6.45, 7) is 2.69. The summed E-state index contributed by atoms with van der Waals surface area (Å²) < 4.78 is 0. The molecule has 0 rings (SSSR count). The van der Waals surface area contributed by atoms with Gasteiger partial charge in [-0.15, -0.1) is 0 Å². The van der Waals surface area contributed by atoms with E-state index < -0.39 is 0 Å². The van der Waals surface area contributed by atoms with Crippen LogP contribution in [0, 0.1) is 5.41 Å². The Morgan fingerprint density at radius 2 is 2.30 bits per heavy atom. The van der Waals surface area contributed by atoms with Crippen molar-refractivity contribution >= 4 is 23.1 Å². The Hall–Kier alpha value is -0.530. The quantitative estimate of drug-likeness (QED) is 0.481. The molecule has 10 heavy (non-hydrogen) atoms. The fraction of sp³-hybridized carbons (Fsp3) is 0.714. The van der Waals surface area contributed by atoms with Crippen LogP contribution in [0.5, 0.6) is 0 Å². The first-order valence-electron chi connectivity index (χ1n) is 3.41. The van der Waals surface area contributed by atoms with Crippen molar-refractivity contribution in [2.24, 2.45) is 4.99 Å². The van der Waals surface area contributed by atoms with Gasteiger partial charge in [-0.3, -0.25) is 0 Å². The molecular weight excluding hydrogens is 144 g/mol. The number of hydrogen-bond donors (Lipinski definition) is 1. The van der Waals surface area contributed by atoms with Crippen LogP contribution in [-0.4, -0.2) is 17.4 Å². The van der Waals surface area contributed by atoms with E-state index in [-0.39, 0.29) is 0 Å². The Labute approximate surface area is 66.9 Å². The molecule has 0 fully saturated rings. The highest BCUT2D eigenvalue weighted by Gasteiger charge is 1.92. The molecule has 0 aliphatic rings. The molecule has 0 heterocycles. The number of aliphatic imine (C=N–C) groups is 1. The molecule has 2 nitrogen and oxygen atoms in total. The lowest BCUT2D eigenvalue weighted by molar-refractivity contribution is 0.930. The minimum Gasteiger partial charge on any atom is -0.310 e. The molecule has 0 bridgehead atoms. The number of nitrogens with one attached hydrogen (secondary N) is 1. The predicted octanol–water partition coefficient (Wildman–Crippen LogP) is 2.30. The van der Waals surface area contributed by atoms with Crippen molar-refractivity contribution < 1.29 is 0 Å².